The second kappa shape index (κ2) is 6.20. The van der Waals surface area contributed by atoms with Gasteiger partial charge in [0.1, 0.15) is 6.23 Å². The molecule has 0 aliphatic carbocycles. The Bertz CT molecular complexity index is 677. The maximum Gasteiger partial charge on any atom is 0.265 e. The van der Waals surface area contributed by atoms with Crippen molar-refractivity contribution < 1.29 is 12.6 Å². The average Bonchev–Trinajstić information content (AvgIpc) is 2.50. The van der Waals surface area contributed by atoms with Crippen molar-refractivity contribution >= 4 is 10.1 Å². The van der Waals surface area contributed by atoms with E-state index in [9.17, 15) is 8.42 Å². The van der Waals surface area contributed by atoms with Crippen LogP contribution in [-0.4, -0.2) is 32.3 Å². The largest absolute Gasteiger partial charge is 0.266 e. The van der Waals surface area contributed by atoms with Crippen LogP contribution in [0.15, 0.2) is 60.7 Å². The van der Waals surface area contributed by atoms with Crippen molar-refractivity contribution in [1.82, 2.24) is 4.90 Å². The van der Waals surface area contributed by atoms with E-state index in [1.807, 2.05) is 36.4 Å². The van der Waals surface area contributed by atoms with E-state index in [1.54, 1.807) is 0 Å². The molecule has 1 saturated heterocycles. The van der Waals surface area contributed by atoms with Crippen LogP contribution in [0.2, 0.25) is 0 Å². The molecule has 2 aromatic carbocycles. The molecule has 0 bridgehead atoms. The first-order valence-corrected chi connectivity index (χ1v) is 9.10. The van der Waals surface area contributed by atoms with E-state index in [2.05, 4.69) is 29.2 Å². The highest BCUT2D eigenvalue weighted by Gasteiger charge is 2.38. The topological polar surface area (TPSA) is 46.6 Å². The van der Waals surface area contributed by atoms with Crippen LogP contribution in [0, 0.1) is 0 Å². The predicted molar refractivity (Wildman–Crippen MR) is 85.8 cm³/mol. The Morgan fingerprint density at radius 1 is 1.00 bits per heavy atom. The summed E-state index contributed by atoms with van der Waals surface area (Å²) in [5.74, 6) is 0. The summed E-state index contributed by atoms with van der Waals surface area (Å²) in [4.78, 5) is 2.09. The van der Waals surface area contributed by atoms with Gasteiger partial charge >= 0.3 is 0 Å². The van der Waals surface area contributed by atoms with Crippen molar-refractivity contribution in [1.29, 1.82) is 0 Å². The molecule has 2 aromatic rings. The molecule has 0 N–H and O–H groups in total. The number of hydrogen-bond acceptors (Lipinski definition) is 4. The fourth-order valence-corrected chi connectivity index (χ4v) is 3.44. The molecule has 4 nitrogen and oxygen atoms in total. The Morgan fingerprint density at radius 2 is 1.50 bits per heavy atom. The number of nitrogens with zero attached hydrogens (tertiary/aromatic N) is 1. The summed E-state index contributed by atoms with van der Waals surface area (Å²) in [7, 11) is -3.46. The highest BCUT2D eigenvalue weighted by molar-refractivity contribution is 7.86. The molecule has 1 atom stereocenters. The zero-order chi connectivity index (χ0) is 15.6. The molecule has 1 fully saturated rings. The quantitative estimate of drug-likeness (QED) is 0.796. The molecular formula is C17H19NO3S. The molecular weight excluding hydrogens is 298 g/mol. The maximum absolute atomic E-state index is 11.4. The van der Waals surface area contributed by atoms with E-state index in [0.717, 1.165) is 30.3 Å². The fraction of sp³-hybridized carbons (Fsp3) is 0.294. The lowest BCUT2D eigenvalue weighted by Crippen LogP contribution is -2.51. The van der Waals surface area contributed by atoms with Crippen molar-refractivity contribution in [2.75, 3.05) is 12.8 Å². The van der Waals surface area contributed by atoms with Gasteiger partial charge in [-0.25, -0.2) is 0 Å². The molecule has 0 aromatic heterocycles. The highest BCUT2D eigenvalue weighted by Crippen LogP contribution is 2.36. The lowest BCUT2D eigenvalue weighted by molar-refractivity contribution is -0.0697. The zero-order valence-corrected chi connectivity index (χ0v) is 13.2. The van der Waals surface area contributed by atoms with E-state index in [1.165, 1.54) is 0 Å². The summed E-state index contributed by atoms with van der Waals surface area (Å²) in [6, 6.07) is 20.2. The van der Waals surface area contributed by atoms with Gasteiger partial charge in [0, 0.05) is 13.0 Å². The van der Waals surface area contributed by atoms with Crippen LogP contribution in [0.5, 0.6) is 0 Å². The molecule has 0 spiro atoms. The molecule has 0 amide bonds. The SMILES string of the molecule is CS(=O)(=O)OC1CCN1C(c1ccccc1)c1ccccc1. The minimum Gasteiger partial charge on any atom is -0.266 e. The van der Waals surface area contributed by atoms with Crippen LogP contribution in [-0.2, 0) is 14.3 Å². The van der Waals surface area contributed by atoms with Crippen molar-refractivity contribution in [3.63, 3.8) is 0 Å². The van der Waals surface area contributed by atoms with E-state index in [-0.39, 0.29) is 12.3 Å². The molecule has 1 heterocycles. The number of benzene rings is 2. The maximum atomic E-state index is 11.4. The molecule has 1 unspecified atom stereocenters. The van der Waals surface area contributed by atoms with Gasteiger partial charge < -0.3 is 0 Å². The number of hydrogen-bond donors (Lipinski definition) is 0. The Hall–Kier alpha value is -1.69. The molecule has 0 saturated carbocycles. The summed E-state index contributed by atoms with van der Waals surface area (Å²) in [6.07, 6.45) is 1.44. The minimum atomic E-state index is -3.46. The van der Waals surface area contributed by atoms with Gasteiger partial charge in [-0.15, -0.1) is 0 Å². The van der Waals surface area contributed by atoms with Crippen molar-refractivity contribution in [3.8, 4) is 0 Å². The standard InChI is InChI=1S/C17H19NO3S/c1-22(19,20)21-16-12-13-18(16)17(14-8-4-2-5-9-14)15-10-6-3-7-11-15/h2-11,16-17H,12-13H2,1H3. The van der Waals surface area contributed by atoms with Gasteiger partial charge in [-0.3, -0.25) is 9.08 Å². The third-order valence-corrected chi connectivity index (χ3v) is 4.42. The van der Waals surface area contributed by atoms with Gasteiger partial charge in [0.25, 0.3) is 10.1 Å². The van der Waals surface area contributed by atoms with Gasteiger partial charge in [-0.1, -0.05) is 60.7 Å². The number of likely N-dealkylation sites (tertiary alicyclic amines) is 1. The summed E-state index contributed by atoms with van der Waals surface area (Å²) in [5, 5.41) is 0. The predicted octanol–water partition coefficient (Wildman–Crippen LogP) is 2.78. The van der Waals surface area contributed by atoms with Crippen LogP contribution >= 0.6 is 0 Å². The first kappa shape index (κ1) is 15.2. The highest BCUT2D eigenvalue weighted by atomic mass is 32.2. The van der Waals surface area contributed by atoms with Gasteiger partial charge in [0.05, 0.1) is 12.3 Å². The van der Waals surface area contributed by atoms with Gasteiger partial charge in [0.2, 0.25) is 0 Å². The van der Waals surface area contributed by atoms with Crippen LogP contribution in [0.25, 0.3) is 0 Å². The van der Waals surface area contributed by atoms with E-state index < -0.39 is 10.1 Å². The number of rotatable bonds is 5. The lowest BCUT2D eigenvalue weighted by atomic mass is 9.94. The molecule has 116 valence electrons. The summed E-state index contributed by atoms with van der Waals surface area (Å²) < 4.78 is 28.1. The van der Waals surface area contributed by atoms with Crippen molar-refractivity contribution in [2.24, 2.45) is 0 Å². The second-order valence-electron chi connectivity index (χ2n) is 5.51. The summed E-state index contributed by atoms with van der Waals surface area (Å²) in [5.41, 5.74) is 2.27. The Morgan fingerprint density at radius 3 is 1.86 bits per heavy atom. The fourth-order valence-electron chi connectivity index (χ4n) is 2.83. The van der Waals surface area contributed by atoms with Crippen molar-refractivity contribution in [3.05, 3.63) is 71.8 Å². The third kappa shape index (κ3) is 3.38. The van der Waals surface area contributed by atoms with Gasteiger partial charge in [-0.05, 0) is 11.1 Å². The average molecular weight is 317 g/mol. The molecule has 1 aliphatic rings. The van der Waals surface area contributed by atoms with Crippen LogP contribution in [0.3, 0.4) is 0 Å². The molecule has 1 aliphatic heterocycles. The zero-order valence-electron chi connectivity index (χ0n) is 12.4. The minimum absolute atomic E-state index is 0.00269. The van der Waals surface area contributed by atoms with Crippen LogP contribution in [0.1, 0.15) is 23.6 Å². The molecule has 3 rings (SSSR count). The molecule has 0 radical (unpaired) electrons. The molecule has 22 heavy (non-hydrogen) atoms. The Kier molecular flexibility index (Phi) is 4.29. The summed E-state index contributed by atoms with van der Waals surface area (Å²) >= 11 is 0. The first-order valence-electron chi connectivity index (χ1n) is 7.28. The molecule has 5 heteroatoms. The first-order chi connectivity index (χ1) is 10.5. The van der Waals surface area contributed by atoms with Crippen LogP contribution < -0.4 is 0 Å². The Balaban J connectivity index is 1.93. The second-order valence-corrected chi connectivity index (χ2v) is 7.11. The van der Waals surface area contributed by atoms with Gasteiger partial charge in [0.15, 0.2) is 0 Å². The normalized spacial score (nSPS) is 19.1. The monoisotopic (exact) mass is 317 g/mol. The van der Waals surface area contributed by atoms with Gasteiger partial charge in [-0.2, -0.15) is 8.42 Å². The summed E-state index contributed by atoms with van der Waals surface area (Å²) in [6.45, 7) is 0.814. The third-order valence-electron chi connectivity index (χ3n) is 3.85. The van der Waals surface area contributed by atoms with E-state index >= 15 is 0 Å². The lowest BCUT2D eigenvalue weighted by Gasteiger charge is -2.45. The van der Waals surface area contributed by atoms with Crippen molar-refractivity contribution in [2.45, 2.75) is 18.7 Å². The Labute approximate surface area is 131 Å². The van der Waals surface area contributed by atoms with Crippen LogP contribution in [0.4, 0.5) is 0 Å². The van der Waals surface area contributed by atoms with E-state index in [0.29, 0.717) is 0 Å². The smallest absolute Gasteiger partial charge is 0.265 e. The van der Waals surface area contributed by atoms with E-state index in [4.69, 9.17) is 4.18 Å².